The summed E-state index contributed by atoms with van der Waals surface area (Å²) in [5.41, 5.74) is 4.97. The third kappa shape index (κ3) is 6.11. The van der Waals surface area contributed by atoms with E-state index in [4.69, 9.17) is 16.3 Å². The van der Waals surface area contributed by atoms with Crippen molar-refractivity contribution in [2.24, 2.45) is 0 Å². The Bertz CT molecular complexity index is 1370. The van der Waals surface area contributed by atoms with Crippen LogP contribution in [0.15, 0.2) is 65.6 Å². The number of hydrogen-bond donors (Lipinski definition) is 1. The Morgan fingerprint density at radius 1 is 1.03 bits per heavy atom. The number of benzene rings is 3. The molecular weight excluding hydrogens is 508 g/mol. The van der Waals surface area contributed by atoms with Gasteiger partial charge in [0.05, 0.1) is 28.8 Å². The number of sulfonamides is 1. The number of nitrogens with zero attached hydrogens (tertiary/aromatic N) is 1. The molecule has 0 bridgehead atoms. The minimum absolute atomic E-state index is 0.0968. The van der Waals surface area contributed by atoms with E-state index < -0.39 is 15.9 Å². The smallest absolute Gasteiger partial charge is 0.264 e. The van der Waals surface area contributed by atoms with E-state index in [1.54, 1.807) is 36.4 Å². The van der Waals surface area contributed by atoms with Crippen molar-refractivity contribution < 1.29 is 17.9 Å². The molecule has 1 aliphatic carbocycles. The van der Waals surface area contributed by atoms with E-state index >= 15 is 0 Å². The van der Waals surface area contributed by atoms with Crippen LogP contribution in [-0.4, -0.2) is 28.0 Å². The highest BCUT2D eigenvalue weighted by atomic mass is 35.5. The van der Waals surface area contributed by atoms with Gasteiger partial charge < -0.3 is 10.1 Å². The molecule has 1 unspecified atom stereocenters. The van der Waals surface area contributed by atoms with Crippen LogP contribution >= 0.6 is 11.6 Å². The Morgan fingerprint density at radius 2 is 1.73 bits per heavy atom. The Kier molecular flexibility index (Phi) is 8.45. The van der Waals surface area contributed by atoms with Gasteiger partial charge in [-0.1, -0.05) is 54.4 Å². The maximum absolute atomic E-state index is 13.7. The SMILES string of the molecule is CCC(NC(=O)CN(c1ccc(OC)c(Cl)c1)S(=O)(=O)c1ccc(C)cc1)c1ccc2c(c1)CCCC2. The Labute approximate surface area is 224 Å². The van der Waals surface area contributed by atoms with Crippen LogP contribution in [0.1, 0.15) is 54.5 Å². The minimum Gasteiger partial charge on any atom is -0.495 e. The molecule has 0 heterocycles. The van der Waals surface area contributed by atoms with Gasteiger partial charge in [0.15, 0.2) is 0 Å². The van der Waals surface area contributed by atoms with Gasteiger partial charge in [0.2, 0.25) is 5.91 Å². The summed E-state index contributed by atoms with van der Waals surface area (Å²) in [4.78, 5) is 13.4. The third-order valence-electron chi connectivity index (χ3n) is 6.84. The average molecular weight is 541 g/mol. The fourth-order valence-electron chi connectivity index (χ4n) is 4.72. The molecule has 0 radical (unpaired) electrons. The number of aryl methyl sites for hydroxylation is 3. The van der Waals surface area contributed by atoms with E-state index in [9.17, 15) is 13.2 Å². The molecule has 3 aromatic carbocycles. The molecule has 0 fully saturated rings. The second kappa shape index (κ2) is 11.6. The van der Waals surface area contributed by atoms with Crippen molar-refractivity contribution in [2.75, 3.05) is 18.0 Å². The number of methoxy groups -OCH3 is 1. The molecule has 0 spiro atoms. The van der Waals surface area contributed by atoms with Crippen LogP contribution in [0, 0.1) is 6.92 Å². The zero-order valence-electron chi connectivity index (χ0n) is 21.5. The summed E-state index contributed by atoms with van der Waals surface area (Å²) in [5, 5.41) is 3.31. The number of halogens is 1. The lowest BCUT2D eigenvalue weighted by Crippen LogP contribution is -2.42. The highest BCUT2D eigenvalue weighted by Gasteiger charge is 2.29. The van der Waals surface area contributed by atoms with Crippen molar-refractivity contribution in [2.45, 2.75) is 56.9 Å². The molecule has 8 heteroatoms. The fraction of sp³-hybridized carbons (Fsp3) is 0.345. The van der Waals surface area contributed by atoms with Crippen LogP contribution in [0.25, 0.3) is 0 Å². The zero-order valence-corrected chi connectivity index (χ0v) is 23.0. The maximum Gasteiger partial charge on any atom is 0.264 e. The summed E-state index contributed by atoms with van der Waals surface area (Å²) in [6.45, 7) is 3.51. The van der Waals surface area contributed by atoms with E-state index in [1.807, 2.05) is 13.8 Å². The monoisotopic (exact) mass is 540 g/mol. The number of rotatable bonds is 9. The Balaban J connectivity index is 1.62. The van der Waals surface area contributed by atoms with E-state index in [-0.39, 0.29) is 28.2 Å². The Hall–Kier alpha value is -3.03. The van der Waals surface area contributed by atoms with Crippen LogP contribution < -0.4 is 14.4 Å². The number of nitrogens with one attached hydrogen (secondary N) is 1. The number of carbonyl (C=O) groups is 1. The summed E-state index contributed by atoms with van der Waals surface area (Å²) < 4.78 is 33.7. The van der Waals surface area contributed by atoms with Gasteiger partial charge in [-0.3, -0.25) is 9.10 Å². The first-order chi connectivity index (χ1) is 17.7. The van der Waals surface area contributed by atoms with E-state index in [2.05, 4.69) is 23.5 Å². The molecule has 4 rings (SSSR count). The lowest BCUT2D eigenvalue weighted by atomic mass is 9.89. The highest BCUT2D eigenvalue weighted by Crippen LogP contribution is 2.32. The zero-order chi connectivity index (χ0) is 26.6. The number of hydrogen-bond acceptors (Lipinski definition) is 4. The van der Waals surface area contributed by atoms with Crippen molar-refractivity contribution in [1.82, 2.24) is 5.32 Å². The number of carbonyl (C=O) groups excluding carboxylic acids is 1. The second-order valence-corrected chi connectivity index (χ2v) is 11.7. The van der Waals surface area contributed by atoms with Gasteiger partial charge in [-0.05, 0) is 86.1 Å². The predicted octanol–water partition coefficient (Wildman–Crippen LogP) is 6.00. The average Bonchev–Trinajstić information content (AvgIpc) is 2.90. The molecule has 1 aliphatic rings. The predicted molar refractivity (Wildman–Crippen MR) is 148 cm³/mol. The molecule has 6 nitrogen and oxygen atoms in total. The summed E-state index contributed by atoms with van der Waals surface area (Å²) in [5.74, 6) is 0.0215. The van der Waals surface area contributed by atoms with Gasteiger partial charge in [-0.2, -0.15) is 0 Å². The number of anilines is 1. The first-order valence-electron chi connectivity index (χ1n) is 12.6. The third-order valence-corrected chi connectivity index (χ3v) is 8.92. The molecule has 37 heavy (non-hydrogen) atoms. The van der Waals surface area contributed by atoms with E-state index in [0.29, 0.717) is 12.2 Å². The quantitative estimate of drug-likeness (QED) is 0.361. The summed E-state index contributed by atoms with van der Waals surface area (Å²) >= 11 is 6.32. The van der Waals surface area contributed by atoms with Gasteiger partial charge in [0, 0.05) is 0 Å². The molecule has 1 N–H and O–H groups in total. The van der Waals surface area contributed by atoms with Gasteiger partial charge in [0.1, 0.15) is 12.3 Å². The van der Waals surface area contributed by atoms with E-state index in [1.165, 1.54) is 37.1 Å². The molecule has 0 saturated carbocycles. The number of amides is 1. The number of ether oxygens (including phenoxy) is 1. The van der Waals surface area contributed by atoms with Crippen molar-refractivity contribution >= 4 is 33.2 Å². The van der Waals surface area contributed by atoms with Crippen molar-refractivity contribution in [3.63, 3.8) is 0 Å². The fourth-order valence-corrected chi connectivity index (χ4v) is 6.39. The highest BCUT2D eigenvalue weighted by molar-refractivity contribution is 7.92. The summed E-state index contributed by atoms with van der Waals surface area (Å²) in [6.07, 6.45) is 5.21. The largest absolute Gasteiger partial charge is 0.495 e. The molecular formula is C29H33ClN2O4S. The summed E-state index contributed by atoms with van der Waals surface area (Å²) in [7, 11) is -2.56. The van der Waals surface area contributed by atoms with Crippen molar-refractivity contribution in [3.05, 3.63) is 87.9 Å². The molecule has 0 saturated heterocycles. The van der Waals surface area contributed by atoms with E-state index in [0.717, 1.165) is 28.3 Å². The van der Waals surface area contributed by atoms with Gasteiger partial charge in [0.25, 0.3) is 10.0 Å². The summed E-state index contributed by atoms with van der Waals surface area (Å²) in [6, 6.07) is 17.4. The van der Waals surface area contributed by atoms with Crippen molar-refractivity contribution in [1.29, 1.82) is 0 Å². The van der Waals surface area contributed by atoms with Crippen molar-refractivity contribution in [3.8, 4) is 5.75 Å². The normalized spacial score (nSPS) is 13.9. The molecule has 1 amide bonds. The Morgan fingerprint density at radius 3 is 2.38 bits per heavy atom. The van der Waals surface area contributed by atoms with Gasteiger partial charge in [-0.15, -0.1) is 0 Å². The second-order valence-electron chi connectivity index (χ2n) is 9.41. The minimum atomic E-state index is -4.05. The van der Waals surface area contributed by atoms with Crippen LogP contribution in [0.4, 0.5) is 5.69 Å². The topological polar surface area (TPSA) is 75.7 Å². The first kappa shape index (κ1) is 27.0. The van der Waals surface area contributed by atoms with Crippen LogP contribution in [0.2, 0.25) is 5.02 Å². The van der Waals surface area contributed by atoms with Gasteiger partial charge in [-0.25, -0.2) is 8.42 Å². The lowest BCUT2D eigenvalue weighted by molar-refractivity contribution is -0.120. The lowest BCUT2D eigenvalue weighted by Gasteiger charge is -2.26. The first-order valence-corrected chi connectivity index (χ1v) is 14.4. The molecule has 3 aromatic rings. The molecule has 0 aliphatic heterocycles. The molecule has 196 valence electrons. The molecule has 1 atom stereocenters. The molecule has 0 aromatic heterocycles. The number of fused-ring (bicyclic) bond motifs is 1. The standard InChI is InChI=1S/C29H33ClN2O4S/c1-4-27(23-12-11-21-7-5-6-8-22(21)17-23)31-29(33)19-32(24-13-16-28(36-3)26(30)18-24)37(34,35)25-14-9-20(2)10-15-25/h9-18,27H,4-8,19H2,1-3H3,(H,31,33). The van der Waals surface area contributed by atoms with Crippen LogP contribution in [-0.2, 0) is 27.7 Å². The van der Waals surface area contributed by atoms with Crippen LogP contribution in [0.5, 0.6) is 5.75 Å². The maximum atomic E-state index is 13.7. The van der Waals surface area contributed by atoms with Gasteiger partial charge >= 0.3 is 0 Å². The van der Waals surface area contributed by atoms with Crippen LogP contribution in [0.3, 0.4) is 0 Å².